The number of amides is 1. The number of carbonyl (C=O) groups is 2. The van der Waals surface area contributed by atoms with Gasteiger partial charge in [-0.15, -0.1) is 11.3 Å². The molecule has 128 valence electrons. The topological polar surface area (TPSA) is 59.1 Å². The summed E-state index contributed by atoms with van der Waals surface area (Å²) in [6.07, 6.45) is 13.1. The van der Waals surface area contributed by atoms with E-state index in [4.69, 9.17) is 11.6 Å². The molecule has 6 heteroatoms. The molecule has 1 heterocycles. The molecule has 0 saturated heterocycles. The van der Waals surface area contributed by atoms with Crippen LogP contribution in [0, 0.1) is 11.8 Å². The van der Waals surface area contributed by atoms with Gasteiger partial charge in [-0.1, -0.05) is 38.5 Å². The Morgan fingerprint density at radius 2 is 1.57 bits per heavy atom. The van der Waals surface area contributed by atoms with Crippen LogP contribution in [0.25, 0.3) is 0 Å². The average Bonchev–Trinajstić information content (AvgIpc) is 3.10. The van der Waals surface area contributed by atoms with Crippen LogP contribution in [-0.2, 0) is 9.59 Å². The summed E-state index contributed by atoms with van der Waals surface area (Å²) in [6.45, 7) is 0. The maximum absolute atomic E-state index is 11.7. The second kappa shape index (κ2) is 10.0. The van der Waals surface area contributed by atoms with E-state index in [-0.39, 0.29) is 23.0 Å². The molecule has 0 spiro atoms. The molecule has 3 rings (SSSR count). The Bertz CT molecular complexity index is 481. The molecule has 0 bridgehead atoms. The van der Waals surface area contributed by atoms with Crippen LogP contribution in [-0.4, -0.2) is 16.1 Å². The standard InChI is InChI=1S/C10H14N2OS.C7H11ClO/c13-9(8-4-2-1-3-5-8)12-10-11-6-7-14-10;8-7(9)6-4-2-1-3-5-6/h6-8H,1-5H2,(H,11,12,13);6H,1-5H2. The van der Waals surface area contributed by atoms with Gasteiger partial charge in [0.05, 0.1) is 0 Å². The van der Waals surface area contributed by atoms with Crippen LogP contribution in [0.1, 0.15) is 64.2 Å². The molecule has 4 nitrogen and oxygen atoms in total. The van der Waals surface area contributed by atoms with Crippen molar-refractivity contribution in [3.8, 4) is 0 Å². The number of aromatic nitrogens is 1. The molecular formula is C17H25ClN2O2S. The molecule has 0 atom stereocenters. The van der Waals surface area contributed by atoms with Crippen molar-refractivity contribution in [3.63, 3.8) is 0 Å². The third kappa shape index (κ3) is 6.60. The molecule has 23 heavy (non-hydrogen) atoms. The highest BCUT2D eigenvalue weighted by atomic mass is 35.5. The second-order valence-electron chi connectivity index (χ2n) is 6.30. The lowest BCUT2D eigenvalue weighted by Crippen LogP contribution is -2.24. The van der Waals surface area contributed by atoms with Gasteiger partial charge in [-0.2, -0.15) is 0 Å². The van der Waals surface area contributed by atoms with Gasteiger partial charge in [0.2, 0.25) is 11.1 Å². The molecule has 0 aliphatic heterocycles. The number of halogens is 1. The fraction of sp³-hybridized carbons (Fsp3) is 0.706. The third-order valence-corrected chi connectivity index (χ3v) is 5.56. The predicted octanol–water partition coefficient (Wildman–Crippen LogP) is 4.99. The minimum Gasteiger partial charge on any atom is -0.302 e. The highest BCUT2D eigenvalue weighted by molar-refractivity contribution is 7.13. The SMILES string of the molecule is O=C(Cl)C1CCCCC1.O=C(Nc1nccs1)C1CCCCC1. The van der Waals surface area contributed by atoms with Crippen molar-refractivity contribution in [1.82, 2.24) is 4.98 Å². The van der Waals surface area contributed by atoms with Crippen molar-refractivity contribution >= 4 is 39.2 Å². The molecule has 1 N–H and O–H groups in total. The molecule has 2 saturated carbocycles. The first kappa shape index (κ1) is 18.4. The van der Waals surface area contributed by atoms with Crippen LogP contribution >= 0.6 is 22.9 Å². The van der Waals surface area contributed by atoms with E-state index in [0.29, 0.717) is 0 Å². The van der Waals surface area contributed by atoms with E-state index in [1.54, 1.807) is 6.20 Å². The van der Waals surface area contributed by atoms with Crippen LogP contribution in [0.4, 0.5) is 5.13 Å². The normalized spacial score (nSPS) is 19.5. The molecule has 2 fully saturated rings. The van der Waals surface area contributed by atoms with E-state index in [2.05, 4.69) is 10.3 Å². The Morgan fingerprint density at radius 1 is 1.00 bits per heavy atom. The van der Waals surface area contributed by atoms with Gasteiger partial charge in [0.15, 0.2) is 5.13 Å². The third-order valence-electron chi connectivity index (χ3n) is 4.56. The van der Waals surface area contributed by atoms with Gasteiger partial charge in [0.1, 0.15) is 0 Å². The number of anilines is 1. The van der Waals surface area contributed by atoms with Crippen molar-refractivity contribution in [2.24, 2.45) is 11.8 Å². The number of nitrogens with zero attached hydrogens (tertiary/aromatic N) is 1. The Balaban J connectivity index is 0.000000185. The van der Waals surface area contributed by atoms with Crippen LogP contribution in [0.15, 0.2) is 11.6 Å². The fourth-order valence-corrected chi connectivity index (χ4v) is 3.94. The van der Waals surface area contributed by atoms with E-state index in [0.717, 1.165) is 30.8 Å². The van der Waals surface area contributed by atoms with Crippen molar-refractivity contribution < 1.29 is 9.59 Å². The van der Waals surface area contributed by atoms with Crippen LogP contribution < -0.4 is 5.32 Å². The van der Waals surface area contributed by atoms with Gasteiger partial charge < -0.3 is 5.32 Å². The summed E-state index contributed by atoms with van der Waals surface area (Å²) in [5.74, 6) is 0.549. The lowest BCUT2D eigenvalue weighted by atomic mass is 9.89. The summed E-state index contributed by atoms with van der Waals surface area (Å²) in [7, 11) is 0. The van der Waals surface area contributed by atoms with Crippen LogP contribution in [0.3, 0.4) is 0 Å². The zero-order valence-corrected chi connectivity index (χ0v) is 15.0. The van der Waals surface area contributed by atoms with Gasteiger partial charge in [-0.3, -0.25) is 9.59 Å². The van der Waals surface area contributed by atoms with Gasteiger partial charge in [0.25, 0.3) is 0 Å². The molecule has 1 aromatic heterocycles. The van der Waals surface area contributed by atoms with Gasteiger partial charge in [-0.25, -0.2) is 4.98 Å². The average molecular weight is 357 g/mol. The molecule has 0 radical (unpaired) electrons. The quantitative estimate of drug-likeness (QED) is 0.776. The summed E-state index contributed by atoms with van der Waals surface area (Å²) in [5.41, 5.74) is 0. The number of hydrogen-bond acceptors (Lipinski definition) is 4. The van der Waals surface area contributed by atoms with E-state index in [1.165, 1.54) is 49.9 Å². The zero-order chi connectivity index (χ0) is 16.5. The van der Waals surface area contributed by atoms with Crippen LogP contribution in [0.2, 0.25) is 0 Å². The maximum atomic E-state index is 11.7. The van der Waals surface area contributed by atoms with Gasteiger partial charge >= 0.3 is 0 Å². The Kier molecular flexibility index (Phi) is 8.03. The summed E-state index contributed by atoms with van der Waals surface area (Å²) in [5, 5.41) is 5.32. The predicted molar refractivity (Wildman–Crippen MR) is 94.8 cm³/mol. The number of nitrogens with one attached hydrogen (secondary N) is 1. The number of rotatable bonds is 3. The molecule has 0 unspecified atom stereocenters. The molecule has 2 aliphatic carbocycles. The first-order valence-corrected chi connectivity index (χ1v) is 9.82. The van der Waals surface area contributed by atoms with Crippen molar-refractivity contribution in [3.05, 3.63) is 11.6 Å². The Morgan fingerprint density at radius 3 is 2.00 bits per heavy atom. The largest absolute Gasteiger partial charge is 0.302 e. The summed E-state index contributed by atoms with van der Waals surface area (Å²) >= 11 is 6.79. The zero-order valence-electron chi connectivity index (χ0n) is 13.4. The van der Waals surface area contributed by atoms with Crippen molar-refractivity contribution in [1.29, 1.82) is 0 Å². The monoisotopic (exact) mass is 356 g/mol. The van der Waals surface area contributed by atoms with Gasteiger partial charge in [-0.05, 0) is 37.3 Å². The fourth-order valence-electron chi connectivity index (χ4n) is 3.19. The van der Waals surface area contributed by atoms with E-state index >= 15 is 0 Å². The highest BCUT2D eigenvalue weighted by Crippen LogP contribution is 2.26. The molecular weight excluding hydrogens is 332 g/mol. The van der Waals surface area contributed by atoms with Crippen LogP contribution in [0.5, 0.6) is 0 Å². The minimum atomic E-state index is -0.130. The summed E-state index contributed by atoms with van der Waals surface area (Å²) < 4.78 is 0. The molecule has 1 aromatic rings. The maximum Gasteiger partial charge on any atom is 0.229 e. The number of thiazole rings is 1. The van der Waals surface area contributed by atoms with Gasteiger partial charge in [0, 0.05) is 23.4 Å². The van der Waals surface area contributed by atoms with E-state index < -0.39 is 0 Å². The lowest BCUT2D eigenvalue weighted by molar-refractivity contribution is -0.120. The Hall–Kier alpha value is -0.940. The molecule has 2 aliphatic rings. The summed E-state index contributed by atoms with van der Waals surface area (Å²) in [4.78, 5) is 26.3. The molecule has 0 aromatic carbocycles. The Labute approximate surface area is 147 Å². The number of carbonyl (C=O) groups excluding carboxylic acids is 2. The second-order valence-corrected chi connectivity index (χ2v) is 7.57. The molecule has 1 amide bonds. The number of hydrogen-bond donors (Lipinski definition) is 1. The minimum absolute atomic E-state index is 0.130. The first-order chi connectivity index (χ1) is 11.2. The van der Waals surface area contributed by atoms with E-state index in [9.17, 15) is 9.59 Å². The highest BCUT2D eigenvalue weighted by Gasteiger charge is 2.21. The smallest absolute Gasteiger partial charge is 0.229 e. The van der Waals surface area contributed by atoms with E-state index in [1.807, 2.05) is 5.38 Å². The lowest BCUT2D eigenvalue weighted by Gasteiger charge is -2.19. The summed E-state index contributed by atoms with van der Waals surface area (Å²) in [6, 6.07) is 0. The first-order valence-electron chi connectivity index (χ1n) is 8.56. The van der Waals surface area contributed by atoms with Crippen molar-refractivity contribution in [2.75, 3.05) is 5.32 Å². The van der Waals surface area contributed by atoms with Crippen molar-refractivity contribution in [2.45, 2.75) is 64.2 Å².